The van der Waals surface area contributed by atoms with Gasteiger partial charge in [-0.3, -0.25) is 4.90 Å². The van der Waals surface area contributed by atoms with Crippen molar-refractivity contribution in [2.24, 2.45) is 29.6 Å². The van der Waals surface area contributed by atoms with E-state index in [0.717, 1.165) is 29.6 Å². The van der Waals surface area contributed by atoms with Gasteiger partial charge in [0.25, 0.3) is 0 Å². The van der Waals surface area contributed by atoms with E-state index in [4.69, 9.17) is 10.2 Å². The second-order valence-corrected chi connectivity index (χ2v) is 7.83. The van der Waals surface area contributed by atoms with E-state index >= 15 is 0 Å². The second kappa shape index (κ2) is 13.7. The van der Waals surface area contributed by atoms with Gasteiger partial charge in [0.1, 0.15) is 0 Å². The molecule has 0 bridgehead atoms. The predicted octanol–water partition coefficient (Wildman–Crippen LogP) is 2.67. The molecule has 1 saturated carbocycles. The first-order valence-electron chi connectivity index (χ1n) is 8.71. The number of aliphatic hydroxyl groups is 3. The van der Waals surface area contributed by atoms with E-state index in [2.05, 4.69) is 34.6 Å². The molecule has 24 heavy (non-hydrogen) atoms. The van der Waals surface area contributed by atoms with Crippen LogP contribution in [0.1, 0.15) is 48.5 Å². The third-order valence-corrected chi connectivity index (χ3v) is 5.59. The molecule has 0 aromatic carbocycles. The van der Waals surface area contributed by atoms with Gasteiger partial charge in [-0.2, -0.15) is 0 Å². The van der Waals surface area contributed by atoms with E-state index < -0.39 is 5.60 Å². The Morgan fingerprint density at radius 1 is 0.750 bits per heavy atom. The SMILES string of the molecule is CC(C)(O)CN(CCO)CCO.CC1C(C)C(C)C(C)C1C.[CH3-].[Ti]. The van der Waals surface area contributed by atoms with Gasteiger partial charge in [0, 0.05) is 41.4 Å². The van der Waals surface area contributed by atoms with E-state index in [9.17, 15) is 5.11 Å². The van der Waals surface area contributed by atoms with Crippen LogP contribution in [0, 0.1) is 37.0 Å². The fourth-order valence-electron chi connectivity index (χ4n) is 3.49. The van der Waals surface area contributed by atoms with Crippen LogP contribution in [-0.2, 0) is 21.7 Å². The first-order chi connectivity index (χ1) is 10.0. The monoisotopic (exact) mass is 380 g/mol. The third kappa shape index (κ3) is 10.5. The second-order valence-electron chi connectivity index (χ2n) is 7.83. The molecule has 0 unspecified atom stereocenters. The zero-order valence-corrected chi connectivity index (χ0v) is 18.8. The minimum absolute atomic E-state index is 0. The maximum atomic E-state index is 9.44. The number of hydrogen-bond acceptors (Lipinski definition) is 4. The Morgan fingerprint density at radius 3 is 1.17 bits per heavy atom. The van der Waals surface area contributed by atoms with E-state index in [1.54, 1.807) is 13.8 Å². The van der Waals surface area contributed by atoms with Gasteiger partial charge >= 0.3 is 0 Å². The van der Waals surface area contributed by atoms with Gasteiger partial charge in [0.05, 0.1) is 18.8 Å². The molecule has 0 amide bonds. The molecule has 4 nitrogen and oxygen atoms in total. The molecule has 0 atom stereocenters. The zero-order chi connectivity index (χ0) is 17.5. The van der Waals surface area contributed by atoms with Crippen LogP contribution in [0.5, 0.6) is 0 Å². The largest absolute Gasteiger partial charge is 0.395 e. The van der Waals surface area contributed by atoms with Crippen LogP contribution in [-0.4, -0.2) is 58.7 Å². The number of aliphatic hydroxyl groups excluding tert-OH is 2. The molecule has 0 radical (unpaired) electrons. The summed E-state index contributed by atoms with van der Waals surface area (Å²) in [6.45, 7) is 16.9. The van der Waals surface area contributed by atoms with E-state index in [1.807, 2.05) is 4.90 Å². The van der Waals surface area contributed by atoms with E-state index in [0.29, 0.717) is 19.6 Å². The van der Waals surface area contributed by atoms with Crippen LogP contribution >= 0.6 is 0 Å². The maximum Gasteiger partial charge on any atom is 0.0718 e. The Morgan fingerprint density at radius 2 is 1.00 bits per heavy atom. The molecular weight excluding hydrogens is 338 g/mol. The van der Waals surface area contributed by atoms with Crippen LogP contribution in [0.25, 0.3) is 0 Å². The molecule has 1 fully saturated rings. The first kappa shape index (κ1) is 29.3. The summed E-state index contributed by atoms with van der Waals surface area (Å²) >= 11 is 0. The minimum Gasteiger partial charge on any atom is -0.395 e. The molecule has 5 heteroatoms. The number of nitrogens with zero attached hydrogens (tertiary/aromatic N) is 1. The van der Waals surface area contributed by atoms with Crippen molar-refractivity contribution >= 4 is 0 Å². The Labute approximate surface area is 165 Å². The molecule has 1 aliphatic rings. The average Bonchev–Trinajstić information content (AvgIpc) is 2.57. The van der Waals surface area contributed by atoms with Crippen molar-refractivity contribution in [2.45, 2.75) is 54.1 Å². The van der Waals surface area contributed by atoms with Gasteiger partial charge in [-0.05, 0) is 43.4 Å². The molecular formula is C19H42NO3Ti-. The summed E-state index contributed by atoms with van der Waals surface area (Å²) in [5.41, 5.74) is -0.773. The summed E-state index contributed by atoms with van der Waals surface area (Å²) < 4.78 is 0. The molecule has 146 valence electrons. The Bertz CT molecular complexity index is 246. The van der Waals surface area contributed by atoms with Crippen molar-refractivity contribution in [1.82, 2.24) is 4.90 Å². The maximum absolute atomic E-state index is 9.44. The molecule has 0 heterocycles. The Balaban J connectivity index is -0.000000342. The predicted molar refractivity (Wildman–Crippen MR) is 99.1 cm³/mol. The summed E-state index contributed by atoms with van der Waals surface area (Å²) in [5.74, 6) is 4.68. The van der Waals surface area contributed by atoms with Crippen LogP contribution in [0.2, 0.25) is 0 Å². The van der Waals surface area contributed by atoms with Gasteiger partial charge in [-0.15, -0.1) is 0 Å². The molecule has 0 aromatic heterocycles. The van der Waals surface area contributed by atoms with Crippen molar-refractivity contribution in [3.63, 3.8) is 0 Å². The summed E-state index contributed by atoms with van der Waals surface area (Å²) in [7, 11) is 0. The third-order valence-electron chi connectivity index (χ3n) is 5.59. The van der Waals surface area contributed by atoms with Crippen molar-refractivity contribution in [3.05, 3.63) is 7.43 Å². The van der Waals surface area contributed by atoms with Crippen molar-refractivity contribution < 1.29 is 37.0 Å². The fraction of sp³-hybridized carbons (Fsp3) is 0.947. The van der Waals surface area contributed by atoms with Crippen molar-refractivity contribution in [2.75, 3.05) is 32.8 Å². The number of rotatable bonds is 6. The molecule has 0 aromatic rings. The Kier molecular flexibility index (Phi) is 16.8. The van der Waals surface area contributed by atoms with Crippen LogP contribution in [0.4, 0.5) is 0 Å². The van der Waals surface area contributed by atoms with Gasteiger partial charge in [-0.1, -0.05) is 34.6 Å². The number of hydrogen-bond donors (Lipinski definition) is 3. The van der Waals surface area contributed by atoms with Crippen LogP contribution < -0.4 is 0 Å². The standard InChI is InChI=1S/C10H20.C8H19NO3.CH3.Ti/c1-6-7(2)9(4)10(5)8(6)3;1-8(2,12)7-9(3-5-10)4-6-11;;/h6-10H,1-5H3;10-12H,3-7H2,1-2H3;1H3;/q;;-1;. The molecule has 1 aliphatic carbocycles. The summed E-state index contributed by atoms with van der Waals surface area (Å²) in [4.78, 5) is 1.82. The van der Waals surface area contributed by atoms with E-state index in [-0.39, 0.29) is 42.4 Å². The summed E-state index contributed by atoms with van der Waals surface area (Å²) in [6.07, 6.45) is 0. The summed E-state index contributed by atoms with van der Waals surface area (Å²) in [5, 5.41) is 26.7. The van der Waals surface area contributed by atoms with Gasteiger partial charge in [0.2, 0.25) is 0 Å². The Hall–Kier alpha value is 0.554. The zero-order valence-electron chi connectivity index (χ0n) is 17.2. The van der Waals surface area contributed by atoms with Gasteiger partial charge in [-0.25, -0.2) is 0 Å². The molecule has 3 N–H and O–H groups in total. The normalized spacial score (nSPS) is 29.4. The van der Waals surface area contributed by atoms with Gasteiger partial charge < -0.3 is 22.7 Å². The van der Waals surface area contributed by atoms with Crippen molar-refractivity contribution in [3.8, 4) is 0 Å². The minimum atomic E-state index is -0.773. The fourth-order valence-corrected chi connectivity index (χ4v) is 3.49. The van der Waals surface area contributed by atoms with E-state index in [1.165, 1.54) is 0 Å². The summed E-state index contributed by atoms with van der Waals surface area (Å²) in [6, 6.07) is 0. The van der Waals surface area contributed by atoms with Crippen LogP contribution in [0.3, 0.4) is 0 Å². The molecule has 0 saturated heterocycles. The van der Waals surface area contributed by atoms with Crippen molar-refractivity contribution in [1.29, 1.82) is 0 Å². The average molecular weight is 380 g/mol. The smallest absolute Gasteiger partial charge is 0.0718 e. The first-order valence-corrected chi connectivity index (χ1v) is 8.71. The molecule has 0 spiro atoms. The molecule has 0 aliphatic heterocycles. The quantitative estimate of drug-likeness (QED) is 0.490. The topological polar surface area (TPSA) is 63.9 Å². The van der Waals surface area contributed by atoms with Crippen LogP contribution in [0.15, 0.2) is 0 Å². The van der Waals surface area contributed by atoms with Gasteiger partial charge in [0.15, 0.2) is 0 Å². The molecule has 1 rings (SSSR count).